The highest BCUT2D eigenvalue weighted by atomic mass is 32.2. The van der Waals surface area contributed by atoms with Crippen molar-refractivity contribution >= 4 is 21.0 Å². The van der Waals surface area contributed by atoms with E-state index in [2.05, 4.69) is 113 Å². The summed E-state index contributed by atoms with van der Waals surface area (Å²) in [5.74, 6) is 2.54. The first-order valence-electron chi connectivity index (χ1n) is 15.5. The van der Waals surface area contributed by atoms with E-state index in [9.17, 15) is 13.0 Å². The van der Waals surface area contributed by atoms with E-state index < -0.39 is 10.1 Å². The Balaban J connectivity index is 0.000000401. The van der Waals surface area contributed by atoms with Crippen LogP contribution in [0.3, 0.4) is 0 Å². The average Bonchev–Trinajstić information content (AvgIpc) is 3.01. The van der Waals surface area contributed by atoms with Crippen molar-refractivity contribution in [2.24, 2.45) is 0 Å². The van der Waals surface area contributed by atoms with Crippen LogP contribution in [0.2, 0.25) is 0 Å². The third kappa shape index (κ3) is 11.7. The van der Waals surface area contributed by atoms with Gasteiger partial charge in [-0.3, -0.25) is 4.98 Å². The zero-order valence-corrected chi connectivity index (χ0v) is 30.1. The number of nitrogens with zero attached hydrogens (tertiary/aromatic N) is 1. The fourth-order valence-corrected chi connectivity index (χ4v) is 6.99. The highest BCUT2D eigenvalue weighted by Crippen LogP contribution is 2.35. The van der Waals surface area contributed by atoms with Gasteiger partial charge in [0.2, 0.25) is 0 Å². The predicted octanol–water partition coefficient (Wildman–Crippen LogP) is 9.01. The van der Waals surface area contributed by atoms with Gasteiger partial charge < -0.3 is 18.8 Å². The quantitative estimate of drug-likeness (QED) is 0.113. The molecule has 0 atom stereocenters. The predicted molar refractivity (Wildman–Crippen MR) is 190 cm³/mol. The van der Waals surface area contributed by atoms with E-state index in [0.29, 0.717) is 6.61 Å². The Morgan fingerprint density at radius 3 is 1.65 bits per heavy atom. The molecule has 4 aromatic carbocycles. The lowest BCUT2D eigenvalue weighted by atomic mass is 10.2. The molecule has 48 heavy (non-hydrogen) atoms. The molecule has 0 amide bonds. The van der Waals surface area contributed by atoms with Crippen molar-refractivity contribution < 1.29 is 27.2 Å². The van der Waals surface area contributed by atoms with Gasteiger partial charge in [-0.25, -0.2) is 8.42 Å². The van der Waals surface area contributed by atoms with Crippen molar-refractivity contribution in [3.63, 3.8) is 0 Å². The Bertz CT molecular complexity index is 1790. The van der Waals surface area contributed by atoms with Crippen LogP contribution in [0.15, 0.2) is 141 Å². The lowest BCUT2D eigenvalue weighted by Gasteiger charge is -2.21. The third-order valence-electron chi connectivity index (χ3n) is 6.43. The Kier molecular flexibility index (Phi) is 12.0. The monoisotopic (exact) mass is 685 g/mol. The van der Waals surface area contributed by atoms with Crippen molar-refractivity contribution in [1.82, 2.24) is 4.98 Å². The van der Waals surface area contributed by atoms with E-state index in [1.165, 1.54) is 26.8 Å². The highest BCUT2D eigenvalue weighted by Gasteiger charge is 2.30. The van der Waals surface area contributed by atoms with Crippen LogP contribution in [-0.4, -0.2) is 29.2 Å². The van der Waals surface area contributed by atoms with Crippen LogP contribution in [0.4, 0.5) is 0 Å². The molecule has 0 bridgehead atoms. The van der Waals surface area contributed by atoms with E-state index in [4.69, 9.17) is 14.2 Å². The number of ether oxygens (including phenoxy) is 3. The average molecular weight is 686 g/mol. The topological polar surface area (TPSA) is 97.8 Å². The SMILES string of the molecule is CC(C)(C)Oc1ccc([S+](c2ccc(OC(C)(C)C)cc2)c2cccc(OCc3ccccn3)c2)cc1.Cc1ccc(S(=O)(=O)[O-])cc1. The zero-order valence-electron chi connectivity index (χ0n) is 28.5. The van der Waals surface area contributed by atoms with E-state index in [0.717, 1.165) is 28.5 Å². The molecule has 0 fully saturated rings. The van der Waals surface area contributed by atoms with Crippen molar-refractivity contribution in [3.8, 4) is 17.2 Å². The fraction of sp³-hybridized carbons (Fsp3) is 0.256. The smallest absolute Gasteiger partial charge is 0.170 e. The molecule has 0 unspecified atom stereocenters. The Labute approximate surface area is 288 Å². The number of hydrogen-bond donors (Lipinski definition) is 0. The summed E-state index contributed by atoms with van der Waals surface area (Å²) in [6.07, 6.45) is 1.78. The Hall–Kier alpha value is -4.31. The molecule has 1 heterocycles. The van der Waals surface area contributed by atoms with Crippen LogP contribution in [0, 0.1) is 6.92 Å². The van der Waals surface area contributed by atoms with E-state index in [1.807, 2.05) is 31.2 Å². The second-order valence-electron chi connectivity index (χ2n) is 13.0. The molecule has 0 aliphatic heterocycles. The standard InChI is InChI=1S/C32H36NO3S.C7H8O3S/c1-31(2,3)35-25-13-17-28(18-14-25)37(29-19-15-26(16-20-29)36-32(4,5)6)30-12-9-11-27(22-30)34-23-24-10-7-8-21-33-24;1-6-2-4-7(5-3-6)11(8,9)10/h7-22H,23H2,1-6H3;2-5H,1H3,(H,8,9,10)/q+1;/p-1. The molecular formula is C39H43NO6S2. The number of benzene rings is 4. The van der Waals surface area contributed by atoms with Gasteiger partial charge in [-0.2, -0.15) is 0 Å². The van der Waals surface area contributed by atoms with E-state index in [-0.39, 0.29) is 27.0 Å². The largest absolute Gasteiger partial charge is 0.744 e. The molecule has 0 radical (unpaired) electrons. The second-order valence-corrected chi connectivity index (χ2v) is 16.4. The van der Waals surface area contributed by atoms with Gasteiger partial charge >= 0.3 is 0 Å². The van der Waals surface area contributed by atoms with Crippen LogP contribution in [0.5, 0.6) is 17.2 Å². The molecule has 0 saturated heterocycles. The number of rotatable bonds is 9. The molecule has 7 nitrogen and oxygen atoms in total. The maximum atomic E-state index is 10.4. The Morgan fingerprint density at radius 2 is 1.19 bits per heavy atom. The number of aromatic nitrogens is 1. The van der Waals surface area contributed by atoms with Crippen LogP contribution < -0.4 is 14.2 Å². The van der Waals surface area contributed by atoms with Crippen molar-refractivity contribution in [2.45, 2.75) is 85.9 Å². The summed E-state index contributed by atoms with van der Waals surface area (Å²) >= 11 is 0. The minimum absolute atomic E-state index is 0.178. The minimum Gasteiger partial charge on any atom is -0.744 e. The first kappa shape index (κ1) is 36.5. The van der Waals surface area contributed by atoms with Gasteiger partial charge in [0.15, 0.2) is 14.7 Å². The summed E-state index contributed by atoms with van der Waals surface area (Å²) < 4.78 is 49.4. The third-order valence-corrected chi connectivity index (χ3v) is 9.49. The van der Waals surface area contributed by atoms with Gasteiger partial charge in [-0.15, -0.1) is 0 Å². The second kappa shape index (κ2) is 15.7. The van der Waals surface area contributed by atoms with Gasteiger partial charge in [0.25, 0.3) is 0 Å². The molecule has 0 saturated carbocycles. The molecule has 252 valence electrons. The zero-order chi connectivity index (χ0) is 35.0. The first-order chi connectivity index (χ1) is 22.6. The molecule has 9 heteroatoms. The van der Waals surface area contributed by atoms with E-state index >= 15 is 0 Å². The van der Waals surface area contributed by atoms with Crippen molar-refractivity contribution in [3.05, 3.63) is 133 Å². The maximum absolute atomic E-state index is 10.4. The number of aryl methyl sites for hydroxylation is 1. The fourth-order valence-electron chi connectivity index (χ4n) is 4.44. The summed E-state index contributed by atoms with van der Waals surface area (Å²) in [4.78, 5) is 7.77. The maximum Gasteiger partial charge on any atom is 0.170 e. The first-order valence-corrected chi connectivity index (χ1v) is 18.2. The van der Waals surface area contributed by atoms with Gasteiger partial charge in [-0.05, 0) is 133 Å². The summed E-state index contributed by atoms with van der Waals surface area (Å²) in [6.45, 7) is 14.6. The highest BCUT2D eigenvalue weighted by molar-refractivity contribution is 7.97. The van der Waals surface area contributed by atoms with Crippen LogP contribution in [0.25, 0.3) is 0 Å². The molecule has 0 aliphatic carbocycles. The van der Waals surface area contributed by atoms with Crippen molar-refractivity contribution in [2.75, 3.05) is 0 Å². The molecule has 5 aromatic rings. The molecule has 5 rings (SSSR count). The number of pyridine rings is 1. The summed E-state index contributed by atoms with van der Waals surface area (Å²) in [5.41, 5.74) is 1.34. The van der Waals surface area contributed by atoms with Gasteiger partial charge in [0.05, 0.1) is 21.5 Å². The van der Waals surface area contributed by atoms with Gasteiger partial charge in [0.1, 0.15) is 45.2 Å². The molecule has 0 spiro atoms. The van der Waals surface area contributed by atoms with Crippen LogP contribution in [0.1, 0.15) is 52.8 Å². The van der Waals surface area contributed by atoms with Crippen LogP contribution in [-0.2, 0) is 27.6 Å². The molecular weight excluding hydrogens is 643 g/mol. The van der Waals surface area contributed by atoms with Crippen LogP contribution >= 0.6 is 0 Å². The summed E-state index contributed by atoms with van der Waals surface area (Å²) in [7, 11) is -4.61. The summed E-state index contributed by atoms with van der Waals surface area (Å²) in [6, 6.07) is 36.8. The minimum atomic E-state index is -4.27. The number of hydrogen-bond acceptors (Lipinski definition) is 7. The lowest BCUT2D eigenvalue weighted by molar-refractivity contribution is 0.130. The molecule has 0 N–H and O–H groups in total. The lowest BCUT2D eigenvalue weighted by Crippen LogP contribution is -2.23. The normalized spacial score (nSPS) is 11.8. The van der Waals surface area contributed by atoms with E-state index in [1.54, 1.807) is 18.3 Å². The van der Waals surface area contributed by atoms with Gasteiger partial charge in [-0.1, -0.05) is 29.8 Å². The molecule has 1 aromatic heterocycles. The molecule has 0 aliphatic rings. The summed E-state index contributed by atoms with van der Waals surface area (Å²) in [5, 5.41) is 0. The van der Waals surface area contributed by atoms with Crippen molar-refractivity contribution in [1.29, 1.82) is 0 Å². The van der Waals surface area contributed by atoms with Gasteiger partial charge in [0, 0.05) is 12.3 Å². The Morgan fingerprint density at radius 1 is 0.646 bits per heavy atom.